The van der Waals surface area contributed by atoms with E-state index >= 15 is 0 Å². The second kappa shape index (κ2) is 10.6. The molecular weight excluding hydrogens is 483 g/mol. The summed E-state index contributed by atoms with van der Waals surface area (Å²) in [6, 6.07) is 3.02. The van der Waals surface area contributed by atoms with Crippen LogP contribution in [-0.4, -0.2) is 40.3 Å². The zero-order valence-electron chi connectivity index (χ0n) is 21.8. The minimum atomic E-state index is -1.57. The van der Waals surface area contributed by atoms with Crippen molar-refractivity contribution in [2.45, 2.75) is 90.0 Å². The quantitative estimate of drug-likeness (QED) is 0.447. The molecule has 2 aliphatic rings. The Morgan fingerprint density at radius 2 is 1.97 bits per heavy atom. The van der Waals surface area contributed by atoms with Gasteiger partial charge < -0.3 is 20.5 Å². The lowest BCUT2D eigenvalue weighted by Gasteiger charge is -2.47. The number of ether oxygens (including phenoxy) is 1. The Bertz CT molecular complexity index is 1150. The van der Waals surface area contributed by atoms with Crippen molar-refractivity contribution in [2.24, 2.45) is 5.41 Å². The Morgan fingerprint density at radius 3 is 2.59 bits per heavy atom. The maximum atomic E-state index is 14.3. The molecule has 0 unspecified atom stereocenters. The smallest absolute Gasteiger partial charge is 0.218 e. The third-order valence-electron chi connectivity index (χ3n) is 7.18. The first kappa shape index (κ1) is 27.4. The first-order valence-corrected chi connectivity index (χ1v) is 12.8. The number of hydrogen-bond acceptors (Lipinski definition) is 5. The van der Waals surface area contributed by atoms with Crippen LogP contribution in [0.2, 0.25) is 0 Å². The molecule has 6 nitrogen and oxygen atoms in total. The van der Waals surface area contributed by atoms with Gasteiger partial charge in [-0.15, -0.1) is 0 Å². The van der Waals surface area contributed by atoms with E-state index in [4.69, 9.17) is 4.74 Å². The van der Waals surface area contributed by atoms with E-state index in [1.165, 1.54) is 6.92 Å². The molecule has 1 aromatic heterocycles. The Hall–Kier alpha value is -2.65. The van der Waals surface area contributed by atoms with Crippen LogP contribution in [0.4, 0.5) is 13.2 Å². The molecule has 3 N–H and O–H groups in total. The number of nitrogens with zero attached hydrogens (tertiary/aromatic N) is 1. The molecule has 0 bridgehead atoms. The fourth-order valence-electron chi connectivity index (χ4n) is 5.26. The van der Waals surface area contributed by atoms with Gasteiger partial charge in [0.15, 0.2) is 17.5 Å². The van der Waals surface area contributed by atoms with E-state index in [0.29, 0.717) is 5.88 Å². The molecule has 1 fully saturated rings. The normalized spacial score (nSPS) is 19.9. The lowest BCUT2D eigenvalue weighted by Crippen LogP contribution is -2.52. The van der Waals surface area contributed by atoms with Crippen LogP contribution in [0.1, 0.15) is 76.1 Å². The number of fused-ring (bicyclic) bond motifs is 1. The summed E-state index contributed by atoms with van der Waals surface area (Å²) in [7, 11) is 0. The maximum Gasteiger partial charge on any atom is 0.218 e. The molecule has 2 aromatic rings. The van der Waals surface area contributed by atoms with Crippen LogP contribution in [0, 0.1) is 22.9 Å². The van der Waals surface area contributed by atoms with Crippen LogP contribution in [-0.2, 0) is 17.6 Å². The van der Waals surface area contributed by atoms with Gasteiger partial charge in [0.25, 0.3) is 0 Å². The van der Waals surface area contributed by atoms with E-state index in [0.717, 1.165) is 55.4 Å². The van der Waals surface area contributed by atoms with Gasteiger partial charge >= 0.3 is 0 Å². The summed E-state index contributed by atoms with van der Waals surface area (Å²) in [5, 5.41) is 17.0. The molecule has 1 aliphatic heterocycles. The van der Waals surface area contributed by atoms with Crippen LogP contribution >= 0.6 is 0 Å². The van der Waals surface area contributed by atoms with Crippen molar-refractivity contribution in [3.63, 3.8) is 0 Å². The summed E-state index contributed by atoms with van der Waals surface area (Å²) in [5.74, 6) is -4.01. The van der Waals surface area contributed by atoms with Gasteiger partial charge in [0.2, 0.25) is 11.8 Å². The topological polar surface area (TPSA) is 83.5 Å². The molecule has 1 spiro atoms. The average Bonchev–Trinajstić information content (AvgIpc) is 2.79. The Balaban J connectivity index is 1.52. The summed E-state index contributed by atoms with van der Waals surface area (Å²) < 4.78 is 47.7. The SMILES string of the molecule is CC(=O)N[C@@H](Cc1ccc(F)c(F)c1F)[C@H](O)CN[C@H]1CC2(CCC2)Oc2ncc(CC(C)(C)C)cc21. The number of halogens is 3. The molecule has 9 heteroatoms. The number of aromatic nitrogens is 1. The van der Waals surface area contributed by atoms with Gasteiger partial charge in [0.1, 0.15) is 5.60 Å². The van der Waals surface area contributed by atoms with E-state index in [1.807, 2.05) is 6.20 Å². The predicted octanol–water partition coefficient (Wildman–Crippen LogP) is 4.53. The second-order valence-electron chi connectivity index (χ2n) is 11.7. The maximum absolute atomic E-state index is 14.3. The third kappa shape index (κ3) is 6.44. The average molecular weight is 520 g/mol. The fraction of sp³-hybridized carbons (Fsp3) is 0.571. The van der Waals surface area contributed by atoms with Crippen molar-refractivity contribution in [3.05, 3.63) is 58.5 Å². The number of carbonyl (C=O) groups is 1. The highest BCUT2D eigenvalue weighted by Gasteiger charge is 2.46. The minimum Gasteiger partial charge on any atom is -0.471 e. The van der Waals surface area contributed by atoms with Crippen molar-refractivity contribution >= 4 is 5.91 Å². The van der Waals surface area contributed by atoms with E-state index in [9.17, 15) is 23.1 Å². The van der Waals surface area contributed by atoms with Gasteiger partial charge in [0, 0.05) is 37.7 Å². The highest BCUT2D eigenvalue weighted by Crippen LogP contribution is 2.48. The largest absolute Gasteiger partial charge is 0.471 e. The molecule has 37 heavy (non-hydrogen) atoms. The van der Waals surface area contributed by atoms with Gasteiger partial charge in [0.05, 0.1) is 12.1 Å². The number of pyridine rings is 1. The second-order valence-corrected chi connectivity index (χ2v) is 11.7. The van der Waals surface area contributed by atoms with Gasteiger partial charge in [-0.3, -0.25) is 4.79 Å². The molecular formula is C28H36F3N3O3. The molecule has 0 saturated heterocycles. The molecule has 3 atom stereocenters. The highest BCUT2D eigenvalue weighted by molar-refractivity contribution is 5.73. The monoisotopic (exact) mass is 519 g/mol. The standard InChI is InChI=1S/C28H36F3N3O3/c1-16(35)34-21(11-18-6-7-20(29)25(31)24(18)30)23(36)15-32-22-13-28(8-5-9-28)37-26-19(22)10-17(14-33-26)12-27(2,3)4/h6-7,10,14,21-23,32,36H,5,8-9,11-13,15H2,1-4H3,(H,34,35)/t21-,22-,23+/m0/s1. The van der Waals surface area contributed by atoms with Crippen LogP contribution in [0.25, 0.3) is 0 Å². The number of nitrogens with one attached hydrogen (secondary N) is 2. The number of rotatable bonds is 8. The minimum absolute atomic E-state index is 0.0833. The van der Waals surface area contributed by atoms with Crippen LogP contribution in [0.15, 0.2) is 24.4 Å². The molecule has 1 saturated carbocycles. The fourth-order valence-corrected chi connectivity index (χ4v) is 5.26. The van der Waals surface area contributed by atoms with Crippen molar-refractivity contribution in [3.8, 4) is 5.88 Å². The zero-order chi connectivity index (χ0) is 27.0. The lowest BCUT2D eigenvalue weighted by molar-refractivity contribution is -0.120. The molecule has 1 aromatic carbocycles. The van der Waals surface area contributed by atoms with Crippen LogP contribution in [0.5, 0.6) is 5.88 Å². The van der Waals surface area contributed by atoms with Crippen molar-refractivity contribution < 1.29 is 27.8 Å². The van der Waals surface area contributed by atoms with Gasteiger partial charge in [-0.05, 0) is 60.8 Å². The lowest BCUT2D eigenvalue weighted by atomic mass is 9.73. The van der Waals surface area contributed by atoms with Crippen molar-refractivity contribution in [2.75, 3.05) is 6.54 Å². The molecule has 202 valence electrons. The number of amides is 1. The Labute approximate surface area is 216 Å². The number of aliphatic hydroxyl groups is 1. The zero-order valence-corrected chi connectivity index (χ0v) is 21.8. The number of carbonyl (C=O) groups excluding carboxylic acids is 1. The summed E-state index contributed by atoms with van der Waals surface area (Å²) in [6.45, 7) is 7.86. The van der Waals surface area contributed by atoms with Crippen molar-refractivity contribution in [1.82, 2.24) is 15.6 Å². The summed E-state index contributed by atoms with van der Waals surface area (Å²) in [6.07, 6.45) is 5.05. The number of aliphatic hydroxyl groups excluding tert-OH is 1. The van der Waals surface area contributed by atoms with E-state index in [2.05, 4.69) is 42.5 Å². The summed E-state index contributed by atoms with van der Waals surface area (Å²) in [5.41, 5.74) is 1.70. The molecule has 1 amide bonds. The third-order valence-corrected chi connectivity index (χ3v) is 7.18. The highest BCUT2D eigenvalue weighted by atomic mass is 19.2. The van der Waals surface area contributed by atoms with Crippen LogP contribution < -0.4 is 15.4 Å². The number of hydrogen-bond donors (Lipinski definition) is 3. The van der Waals surface area contributed by atoms with E-state index in [-0.39, 0.29) is 35.6 Å². The molecule has 4 rings (SSSR count). The summed E-state index contributed by atoms with van der Waals surface area (Å²) in [4.78, 5) is 16.4. The van der Waals surface area contributed by atoms with Gasteiger partial charge in [-0.1, -0.05) is 26.8 Å². The first-order chi connectivity index (χ1) is 17.4. The van der Waals surface area contributed by atoms with Crippen molar-refractivity contribution in [1.29, 1.82) is 0 Å². The van der Waals surface area contributed by atoms with E-state index in [1.54, 1.807) is 0 Å². The molecule has 1 aliphatic carbocycles. The summed E-state index contributed by atoms with van der Waals surface area (Å²) >= 11 is 0. The molecule has 2 heterocycles. The Kier molecular flexibility index (Phi) is 7.85. The first-order valence-electron chi connectivity index (χ1n) is 12.8. The van der Waals surface area contributed by atoms with Gasteiger partial charge in [-0.2, -0.15) is 0 Å². The van der Waals surface area contributed by atoms with Crippen LogP contribution in [0.3, 0.4) is 0 Å². The Morgan fingerprint density at radius 1 is 1.24 bits per heavy atom. The predicted molar refractivity (Wildman–Crippen MR) is 134 cm³/mol. The molecule has 0 radical (unpaired) electrons. The number of benzene rings is 1. The van der Waals surface area contributed by atoms with Gasteiger partial charge in [-0.25, -0.2) is 18.2 Å². The van der Waals surface area contributed by atoms with E-state index < -0.39 is 35.5 Å².